The molecule has 3 aromatic carbocycles. The lowest BCUT2D eigenvalue weighted by Gasteiger charge is -2.10. The van der Waals surface area contributed by atoms with Crippen molar-refractivity contribution in [3.63, 3.8) is 0 Å². The van der Waals surface area contributed by atoms with Crippen LogP contribution in [0.25, 0.3) is 16.6 Å². The van der Waals surface area contributed by atoms with Gasteiger partial charge in [0.2, 0.25) is 11.7 Å². The SMILES string of the molecule is O=C(c1ccccc1Cl)c1c(O)n(-c2ccc(NCOc3ccc4[nH]ncc4c3)cc2)[nH]c1=O. The van der Waals surface area contributed by atoms with Crippen LogP contribution in [0.15, 0.2) is 77.7 Å². The number of hydrogen-bond acceptors (Lipinski definition) is 6. The third kappa shape index (κ3) is 4.00. The molecule has 10 heteroatoms. The number of carbonyl (C=O) groups is 1. The first kappa shape index (κ1) is 21.4. The monoisotopic (exact) mass is 475 g/mol. The molecule has 0 saturated carbocycles. The van der Waals surface area contributed by atoms with Crippen LogP contribution >= 0.6 is 11.6 Å². The van der Waals surface area contributed by atoms with Gasteiger partial charge in [-0.1, -0.05) is 23.7 Å². The van der Waals surface area contributed by atoms with Gasteiger partial charge in [0.25, 0.3) is 5.56 Å². The standard InChI is InChI=1S/C24H18ClN5O4/c25-19-4-2-1-3-18(19)22(31)21-23(32)29-30(24(21)33)16-7-5-15(6-8-16)26-13-34-17-9-10-20-14(11-17)12-27-28-20/h1-12,26,33H,13H2,(H,27,28)(H,29,32). The predicted octanol–water partition coefficient (Wildman–Crippen LogP) is 4.08. The molecule has 5 rings (SSSR count). The van der Waals surface area contributed by atoms with Gasteiger partial charge in [0, 0.05) is 16.6 Å². The minimum atomic E-state index is -0.715. The Bertz CT molecular complexity index is 1550. The Hall–Kier alpha value is -4.50. The number of nitrogens with one attached hydrogen (secondary N) is 3. The van der Waals surface area contributed by atoms with E-state index >= 15 is 0 Å². The van der Waals surface area contributed by atoms with Crippen LogP contribution in [0.2, 0.25) is 5.02 Å². The van der Waals surface area contributed by atoms with Crippen molar-refractivity contribution in [3.05, 3.63) is 99.4 Å². The van der Waals surface area contributed by atoms with Gasteiger partial charge in [-0.05, 0) is 54.6 Å². The van der Waals surface area contributed by atoms with Crippen LogP contribution in [-0.4, -0.2) is 37.6 Å². The van der Waals surface area contributed by atoms with E-state index in [1.54, 1.807) is 48.7 Å². The van der Waals surface area contributed by atoms with Crippen molar-refractivity contribution in [2.45, 2.75) is 0 Å². The number of nitrogens with zero attached hydrogens (tertiary/aromatic N) is 2. The Morgan fingerprint density at radius 3 is 2.71 bits per heavy atom. The molecule has 0 saturated heterocycles. The normalized spacial score (nSPS) is 11.0. The van der Waals surface area contributed by atoms with Crippen molar-refractivity contribution in [2.75, 3.05) is 12.0 Å². The third-order valence-electron chi connectivity index (χ3n) is 5.27. The van der Waals surface area contributed by atoms with Crippen LogP contribution in [0, 0.1) is 0 Å². The Morgan fingerprint density at radius 2 is 1.91 bits per heavy atom. The molecule has 5 aromatic rings. The van der Waals surface area contributed by atoms with E-state index in [4.69, 9.17) is 16.3 Å². The van der Waals surface area contributed by atoms with Gasteiger partial charge in [-0.25, -0.2) is 4.68 Å². The Kier molecular flexibility index (Phi) is 5.52. The summed E-state index contributed by atoms with van der Waals surface area (Å²) >= 11 is 6.07. The Labute approximate surface area is 197 Å². The number of H-pyrrole nitrogens is 2. The summed E-state index contributed by atoms with van der Waals surface area (Å²) in [7, 11) is 0. The van der Waals surface area contributed by atoms with Crippen molar-refractivity contribution in [2.24, 2.45) is 0 Å². The number of ketones is 1. The smallest absolute Gasteiger partial charge is 0.279 e. The first-order valence-corrected chi connectivity index (χ1v) is 10.6. The second kappa shape index (κ2) is 8.80. The summed E-state index contributed by atoms with van der Waals surface area (Å²) in [5.41, 5.74) is 1.19. The zero-order chi connectivity index (χ0) is 23.7. The molecule has 2 heterocycles. The highest BCUT2D eigenvalue weighted by Crippen LogP contribution is 2.25. The summed E-state index contributed by atoms with van der Waals surface area (Å²) in [5.74, 6) is -0.454. The number of aromatic amines is 2. The molecule has 0 unspecified atom stereocenters. The summed E-state index contributed by atoms with van der Waals surface area (Å²) in [6.45, 7) is 0.227. The Balaban J connectivity index is 1.29. The average Bonchev–Trinajstić information content (AvgIpc) is 3.43. The van der Waals surface area contributed by atoms with Crippen LogP contribution in [0.4, 0.5) is 5.69 Å². The van der Waals surface area contributed by atoms with E-state index in [2.05, 4.69) is 20.6 Å². The number of anilines is 1. The number of aromatic hydroxyl groups is 1. The van der Waals surface area contributed by atoms with Gasteiger partial charge in [-0.2, -0.15) is 5.10 Å². The fourth-order valence-corrected chi connectivity index (χ4v) is 3.76. The summed E-state index contributed by atoms with van der Waals surface area (Å²) in [4.78, 5) is 25.2. The minimum absolute atomic E-state index is 0.134. The molecular formula is C24H18ClN5O4. The van der Waals surface area contributed by atoms with E-state index in [9.17, 15) is 14.7 Å². The highest BCUT2D eigenvalue weighted by atomic mass is 35.5. The molecule has 170 valence electrons. The number of aromatic nitrogens is 4. The number of fused-ring (bicyclic) bond motifs is 1. The number of hydrogen-bond donors (Lipinski definition) is 4. The van der Waals surface area contributed by atoms with Gasteiger partial charge in [-0.15, -0.1) is 0 Å². The quantitative estimate of drug-likeness (QED) is 0.207. The molecule has 0 spiro atoms. The van der Waals surface area contributed by atoms with Crippen molar-refractivity contribution in [1.29, 1.82) is 0 Å². The van der Waals surface area contributed by atoms with E-state index in [0.29, 0.717) is 11.4 Å². The highest BCUT2D eigenvalue weighted by Gasteiger charge is 2.24. The third-order valence-corrected chi connectivity index (χ3v) is 5.60. The molecule has 9 nitrogen and oxygen atoms in total. The lowest BCUT2D eigenvalue weighted by molar-refractivity contribution is 0.103. The lowest BCUT2D eigenvalue weighted by atomic mass is 10.1. The first-order valence-electron chi connectivity index (χ1n) is 10.2. The maximum atomic E-state index is 12.8. The van der Waals surface area contributed by atoms with Crippen LogP contribution in [0.5, 0.6) is 11.6 Å². The number of benzene rings is 3. The van der Waals surface area contributed by atoms with Crippen LogP contribution < -0.4 is 15.6 Å². The summed E-state index contributed by atoms with van der Waals surface area (Å²) < 4.78 is 6.87. The maximum absolute atomic E-state index is 12.8. The molecule has 0 bridgehead atoms. The van der Waals surface area contributed by atoms with Gasteiger partial charge >= 0.3 is 0 Å². The second-order valence-electron chi connectivity index (χ2n) is 7.42. The van der Waals surface area contributed by atoms with E-state index in [1.807, 2.05) is 18.2 Å². The van der Waals surface area contributed by atoms with Gasteiger partial charge in [0.15, 0.2) is 12.3 Å². The fraction of sp³-hybridized carbons (Fsp3) is 0.0417. The predicted molar refractivity (Wildman–Crippen MR) is 128 cm³/mol. The number of ether oxygens (including phenoxy) is 1. The summed E-state index contributed by atoms with van der Waals surface area (Å²) in [6, 6.07) is 18.8. The van der Waals surface area contributed by atoms with Crippen molar-refractivity contribution >= 4 is 34.0 Å². The maximum Gasteiger partial charge on any atom is 0.279 e. The molecule has 34 heavy (non-hydrogen) atoms. The van der Waals surface area contributed by atoms with Crippen molar-refractivity contribution < 1.29 is 14.6 Å². The molecule has 0 aliphatic carbocycles. The van der Waals surface area contributed by atoms with Crippen LogP contribution in [0.1, 0.15) is 15.9 Å². The van der Waals surface area contributed by atoms with Gasteiger partial charge in [0.1, 0.15) is 5.75 Å². The lowest BCUT2D eigenvalue weighted by Crippen LogP contribution is -2.14. The molecule has 0 aliphatic rings. The number of halogens is 1. The first-order chi connectivity index (χ1) is 16.5. The van der Waals surface area contributed by atoms with Crippen molar-refractivity contribution in [1.82, 2.24) is 20.0 Å². The second-order valence-corrected chi connectivity index (χ2v) is 7.82. The van der Waals surface area contributed by atoms with Crippen molar-refractivity contribution in [3.8, 4) is 17.3 Å². The minimum Gasteiger partial charge on any atom is -0.493 e. The van der Waals surface area contributed by atoms with E-state index in [1.165, 1.54) is 6.07 Å². The number of rotatable bonds is 7. The topological polar surface area (TPSA) is 125 Å². The molecule has 0 amide bonds. The van der Waals surface area contributed by atoms with E-state index in [0.717, 1.165) is 21.3 Å². The zero-order valence-electron chi connectivity index (χ0n) is 17.6. The van der Waals surface area contributed by atoms with Gasteiger partial charge in [0.05, 0.1) is 22.4 Å². The Morgan fingerprint density at radius 1 is 1.12 bits per heavy atom. The molecule has 2 aromatic heterocycles. The molecule has 4 N–H and O–H groups in total. The van der Waals surface area contributed by atoms with Crippen LogP contribution in [-0.2, 0) is 0 Å². The van der Waals surface area contributed by atoms with Crippen LogP contribution in [0.3, 0.4) is 0 Å². The average molecular weight is 476 g/mol. The fourth-order valence-electron chi connectivity index (χ4n) is 3.54. The number of carbonyl (C=O) groups excluding carboxylic acids is 1. The molecular weight excluding hydrogens is 458 g/mol. The van der Waals surface area contributed by atoms with Gasteiger partial charge < -0.3 is 15.2 Å². The highest BCUT2D eigenvalue weighted by molar-refractivity contribution is 6.35. The van der Waals surface area contributed by atoms with Gasteiger partial charge in [-0.3, -0.25) is 19.8 Å². The molecule has 0 fully saturated rings. The zero-order valence-corrected chi connectivity index (χ0v) is 18.3. The van der Waals surface area contributed by atoms with E-state index < -0.39 is 17.2 Å². The molecule has 0 atom stereocenters. The molecule has 0 aliphatic heterocycles. The summed E-state index contributed by atoms with van der Waals surface area (Å²) in [6.07, 6.45) is 1.72. The summed E-state index contributed by atoms with van der Waals surface area (Å²) in [5, 5.41) is 24.2. The largest absolute Gasteiger partial charge is 0.493 e. The van der Waals surface area contributed by atoms with E-state index in [-0.39, 0.29) is 22.9 Å². The molecule has 0 radical (unpaired) electrons.